The van der Waals surface area contributed by atoms with Crippen LogP contribution in [0.15, 0.2) is 34.9 Å². The zero-order chi connectivity index (χ0) is 21.3. The van der Waals surface area contributed by atoms with Crippen LogP contribution in [0, 0.1) is 0 Å². The molecule has 1 radical (unpaired) electrons. The number of likely N-dealkylation sites (tertiary alicyclic amines) is 1. The normalized spacial score (nSPS) is 33.7. The molecule has 2 bridgehead atoms. The van der Waals surface area contributed by atoms with Crippen molar-refractivity contribution >= 4 is 11.7 Å². The summed E-state index contributed by atoms with van der Waals surface area (Å²) >= 11 is 0. The molecule has 2 heterocycles. The Bertz CT molecular complexity index is 1050. The third kappa shape index (κ3) is 3.08. The van der Waals surface area contributed by atoms with Crippen LogP contribution in [-0.4, -0.2) is 51.6 Å². The molecule has 5 rings (SSSR count). The minimum absolute atomic E-state index is 0. The molecule has 4 N–H and O–H groups in total. The molecule has 1 aliphatic heterocycles. The van der Waals surface area contributed by atoms with Gasteiger partial charge in [-0.3, -0.25) is 9.59 Å². The third-order valence-electron chi connectivity index (χ3n) is 7.98. The van der Waals surface area contributed by atoms with E-state index in [-0.39, 0.29) is 62.3 Å². The first-order valence-electron chi connectivity index (χ1n) is 10.5. The van der Waals surface area contributed by atoms with Crippen molar-refractivity contribution in [3.05, 3.63) is 53.0 Å². The SMILES string of the molecule is C[N+]1(Cc2ccco2)CC[C@]23CC(=O)CC[C@@]2(O)[C@H]1Cc1ccc(C(N)=O)c(O)c13.[Y]. The maximum absolute atomic E-state index is 12.6. The predicted octanol–water partition coefficient (Wildman–Crippen LogP) is 1.78. The predicted molar refractivity (Wildman–Crippen MR) is 108 cm³/mol. The van der Waals surface area contributed by atoms with Gasteiger partial charge in [0.2, 0.25) is 0 Å². The van der Waals surface area contributed by atoms with Crippen LogP contribution in [0.1, 0.15) is 52.9 Å². The number of phenols is 1. The number of nitrogens with zero attached hydrogens (tertiary/aromatic N) is 1. The Morgan fingerprint density at radius 2 is 2.10 bits per heavy atom. The number of rotatable bonds is 3. The van der Waals surface area contributed by atoms with Crippen LogP contribution in [0.25, 0.3) is 0 Å². The maximum atomic E-state index is 12.6. The number of carbonyl (C=O) groups excluding carboxylic acids is 2. The number of amides is 1. The van der Waals surface area contributed by atoms with Gasteiger partial charge >= 0.3 is 0 Å². The zero-order valence-electron chi connectivity index (χ0n) is 17.6. The third-order valence-corrected chi connectivity index (χ3v) is 7.98. The van der Waals surface area contributed by atoms with Gasteiger partial charge in [0.25, 0.3) is 5.91 Å². The number of furan rings is 1. The van der Waals surface area contributed by atoms with Gasteiger partial charge in [0.1, 0.15) is 29.7 Å². The van der Waals surface area contributed by atoms with Gasteiger partial charge < -0.3 is 24.8 Å². The van der Waals surface area contributed by atoms with Crippen LogP contribution in [0.4, 0.5) is 0 Å². The fraction of sp³-hybridized carbons (Fsp3) is 0.478. The van der Waals surface area contributed by atoms with Gasteiger partial charge in [-0.1, -0.05) is 6.07 Å². The van der Waals surface area contributed by atoms with Gasteiger partial charge in [-0.05, 0) is 30.2 Å². The second-order valence-corrected chi connectivity index (χ2v) is 9.49. The molecule has 1 aromatic heterocycles. The molecule has 8 heteroatoms. The van der Waals surface area contributed by atoms with Gasteiger partial charge in [0.15, 0.2) is 5.76 Å². The van der Waals surface area contributed by atoms with Crippen LogP contribution in [0.2, 0.25) is 0 Å². The van der Waals surface area contributed by atoms with Crippen LogP contribution >= 0.6 is 0 Å². The van der Waals surface area contributed by atoms with Crippen LogP contribution in [0.5, 0.6) is 5.75 Å². The Morgan fingerprint density at radius 3 is 2.77 bits per heavy atom. The number of likely N-dealkylation sites (N-methyl/N-ethyl adjacent to an activating group) is 1. The van der Waals surface area contributed by atoms with Crippen molar-refractivity contribution in [2.45, 2.75) is 55.7 Å². The average Bonchev–Trinajstić information content (AvgIpc) is 3.18. The number of carbonyl (C=O) groups is 2. The quantitative estimate of drug-likeness (QED) is 0.557. The smallest absolute Gasteiger partial charge is 0.252 e. The first kappa shape index (κ1) is 22.7. The molecule has 0 spiro atoms. The van der Waals surface area contributed by atoms with E-state index in [0.29, 0.717) is 42.3 Å². The molecule has 1 amide bonds. The molecule has 3 aliphatic rings. The van der Waals surface area contributed by atoms with Gasteiger partial charge in [-0.2, -0.15) is 0 Å². The summed E-state index contributed by atoms with van der Waals surface area (Å²) in [5, 5.41) is 23.3. The molecular weight excluding hydrogens is 473 g/mol. The van der Waals surface area contributed by atoms with Crippen molar-refractivity contribution in [1.82, 2.24) is 0 Å². The van der Waals surface area contributed by atoms with Crippen molar-refractivity contribution in [1.29, 1.82) is 0 Å². The molecule has 4 atom stereocenters. The molecule has 161 valence electrons. The minimum Gasteiger partial charge on any atom is -0.507 e. The van der Waals surface area contributed by atoms with E-state index < -0.39 is 16.9 Å². The zero-order valence-corrected chi connectivity index (χ0v) is 20.5. The number of ketones is 1. The number of aliphatic hydroxyl groups is 1. The number of aromatic hydroxyl groups is 1. The van der Waals surface area contributed by atoms with Crippen LogP contribution < -0.4 is 5.73 Å². The van der Waals surface area contributed by atoms with Crippen molar-refractivity contribution < 1.29 is 61.4 Å². The summed E-state index contributed by atoms with van der Waals surface area (Å²) in [4.78, 5) is 24.5. The fourth-order valence-electron chi connectivity index (χ4n) is 6.57. The number of primary amides is 1. The van der Waals surface area contributed by atoms with Gasteiger partial charge in [-0.25, -0.2) is 0 Å². The van der Waals surface area contributed by atoms with Gasteiger partial charge in [-0.15, -0.1) is 0 Å². The number of quaternary nitrogens is 1. The van der Waals surface area contributed by atoms with Gasteiger partial charge in [0, 0.05) is 69.4 Å². The monoisotopic (exact) mass is 500 g/mol. The van der Waals surface area contributed by atoms with E-state index in [4.69, 9.17) is 10.2 Å². The van der Waals surface area contributed by atoms with Crippen molar-refractivity contribution in [2.24, 2.45) is 5.73 Å². The van der Waals surface area contributed by atoms with E-state index in [1.54, 1.807) is 12.3 Å². The molecule has 2 aromatic rings. The molecule has 2 fully saturated rings. The molecule has 1 aromatic carbocycles. The topological polar surface area (TPSA) is 114 Å². The molecule has 2 aliphatic carbocycles. The summed E-state index contributed by atoms with van der Waals surface area (Å²) in [5.74, 6) is 0.0537. The van der Waals surface area contributed by atoms with E-state index >= 15 is 0 Å². The Hall–Kier alpha value is -1.54. The Labute approximate surface area is 206 Å². The van der Waals surface area contributed by atoms with Crippen molar-refractivity contribution in [3.8, 4) is 5.75 Å². The number of piperidine rings is 1. The summed E-state index contributed by atoms with van der Waals surface area (Å²) < 4.78 is 6.21. The van der Waals surface area contributed by atoms with Gasteiger partial charge in [0.05, 0.1) is 25.4 Å². The van der Waals surface area contributed by atoms with Crippen molar-refractivity contribution in [3.63, 3.8) is 0 Å². The standard InChI is InChI=1S/C23H26N2O5.Y/c1-25(13-16-3-2-10-30-16)9-8-22-12-15(26)6-7-23(22,29)18(25)11-14-4-5-17(21(24)28)20(27)19(14)22;/h2-5,10,18,29H,6-9,11-13H2,1H3,(H2-,24,27,28);/p+1/t18-,22-,23-,25?;/m1./s1. The maximum Gasteiger partial charge on any atom is 0.252 e. The number of hydrogen-bond acceptors (Lipinski definition) is 5. The average molecular weight is 500 g/mol. The summed E-state index contributed by atoms with van der Waals surface area (Å²) in [7, 11) is 2.13. The van der Waals surface area contributed by atoms with E-state index in [0.717, 1.165) is 17.9 Å². The summed E-state index contributed by atoms with van der Waals surface area (Å²) in [5.41, 5.74) is 4.88. The molecule has 1 unspecified atom stereocenters. The van der Waals surface area contributed by atoms with Crippen LogP contribution in [-0.2, 0) is 55.9 Å². The Kier molecular flexibility index (Phi) is 5.49. The number of benzene rings is 1. The number of Topliss-reactive ketones (excluding diaryl/α,β-unsaturated/α-hetero) is 1. The molecule has 1 saturated carbocycles. The Balaban J connectivity index is 0.00000231. The molecule has 7 nitrogen and oxygen atoms in total. The number of hydrogen-bond donors (Lipinski definition) is 3. The summed E-state index contributed by atoms with van der Waals surface area (Å²) in [6.07, 6.45) is 3.58. The number of nitrogens with two attached hydrogens (primary N) is 1. The molecular formula is C23H27N2O5Y+. The molecule has 31 heavy (non-hydrogen) atoms. The minimum atomic E-state index is -1.17. The summed E-state index contributed by atoms with van der Waals surface area (Å²) in [6, 6.07) is 7.03. The van der Waals surface area contributed by atoms with E-state index in [2.05, 4.69) is 7.05 Å². The second kappa shape index (κ2) is 7.51. The molecule has 1 saturated heterocycles. The fourth-order valence-corrected chi connectivity index (χ4v) is 6.57. The number of fused-ring (bicyclic) bond motifs is 1. The van der Waals surface area contributed by atoms with E-state index in [1.807, 2.05) is 18.2 Å². The summed E-state index contributed by atoms with van der Waals surface area (Å²) in [6.45, 7) is 1.37. The first-order chi connectivity index (χ1) is 14.2. The van der Waals surface area contributed by atoms with E-state index in [1.165, 1.54) is 0 Å². The van der Waals surface area contributed by atoms with Crippen molar-refractivity contribution in [2.75, 3.05) is 13.6 Å². The largest absolute Gasteiger partial charge is 0.507 e. The Morgan fingerprint density at radius 1 is 1.32 bits per heavy atom. The first-order valence-corrected chi connectivity index (χ1v) is 10.5. The van der Waals surface area contributed by atoms with Crippen LogP contribution in [0.3, 0.4) is 0 Å². The second-order valence-electron chi connectivity index (χ2n) is 9.49. The van der Waals surface area contributed by atoms with E-state index in [9.17, 15) is 19.8 Å².